The van der Waals surface area contributed by atoms with Crippen molar-refractivity contribution >= 4 is 22.8 Å². The van der Waals surface area contributed by atoms with E-state index in [2.05, 4.69) is 11.4 Å². The van der Waals surface area contributed by atoms with Gasteiger partial charge in [0.2, 0.25) is 0 Å². The van der Waals surface area contributed by atoms with Gasteiger partial charge in [-0.05, 0) is 78.4 Å². The molecule has 1 saturated carbocycles. The van der Waals surface area contributed by atoms with Crippen LogP contribution in [0.15, 0.2) is 65.1 Å². The van der Waals surface area contributed by atoms with E-state index in [4.69, 9.17) is 10.2 Å². The van der Waals surface area contributed by atoms with Gasteiger partial charge in [-0.2, -0.15) is 5.26 Å². The number of fused-ring (bicyclic) bond motifs is 1. The Bertz CT molecular complexity index is 1530. The molecular formula is C28H22FN3O3. The van der Waals surface area contributed by atoms with Gasteiger partial charge >= 0.3 is 0 Å². The Labute approximate surface area is 201 Å². The maximum atomic E-state index is 13.3. The summed E-state index contributed by atoms with van der Waals surface area (Å²) in [5.74, 6) is -0.847. The zero-order chi connectivity index (χ0) is 24.7. The van der Waals surface area contributed by atoms with Gasteiger partial charge in [-0.1, -0.05) is 24.3 Å². The number of nitrogens with two attached hydrogens (primary N) is 1. The standard InChI is InChI=1S/C28H22FN3O3/c1-16-2-5-19(27(34)32-28(15-30)10-11-28)14-21(16)18-6-9-23-22(13-18)25(26(31)33)24(35-23)12-17-3-7-20(29)8-4-17/h2-9,13-14H,10-12H2,1H3,(H2,31,33)(H,32,34). The second-order valence-corrected chi connectivity index (χ2v) is 8.96. The van der Waals surface area contributed by atoms with Crippen LogP contribution in [0, 0.1) is 24.1 Å². The predicted octanol–water partition coefficient (Wildman–Crippen LogP) is 5.02. The highest BCUT2D eigenvalue weighted by Gasteiger charge is 2.44. The summed E-state index contributed by atoms with van der Waals surface area (Å²) in [6, 6.07) is 19.0. The molecular weight excluding hydrogens is 445 g/mol. The lowest BCUT2D eigenvalue weighted by Gasteiger charge is -2.12. The average molecular weight is 468 g/mol. The van der Waals surface area contributed by atoms with Crippen molar-refractivity contribution in [1.29, 1.82) is 5.26 Å². The zero-order valence-electron chi connectivity index (χ0n) is 19.0. The number of hydrogen-bond acceptors (Lipinski definition) is 4. The minimum atomic E-state index is -0.755. The van der Waals surface area contributed by atoms with Crippen LogP contribution < -0.4 is 11.1 Å². The summed E-state index contributed by atoms with van der Waals surface area (Å²) >= 11 is 0. The van der Waals surface area contributed by atoms with Crippen molar-refractivity contribution in [3.63, 3.8) is 0 Å². The topological polar surface area (TPSA) is 109 Å². The smallest absolute Gasteiger partial charge is 0.252 e. The van der Waals surface area contributed by atoms with E-state index in [0.717, 1.165) is 22.3 Å². The van der Waals surface area contributed by atoms with Gasteiger partial charge in [0.15, 0.2) is 0 Å². The Morgan fingerprint density at radius 3 is 2.51 bits per heavy atom. The summed E-state index contributed by atoms with van der Waals surface area (Å²) < 4.78 is 19.2. The Hall–Kier alpha value is -4.44. The maximum Gasteiger partial charge on any atom is 0.252 e. The summed E-state index contributed by atoms with van der Waals surface area (Å²) in [6.45, 7) is 1.93. The summed E-state index contributed by atoms with van der Waals surface area (Å²) in [7, 11) is 0. The maximum absolute atomic E-state index is 13.3. The van der Waals surface area contributed by atoms with Crippen molar-refractivity contribution in [2.24, 2.45) is 5.73 Å². The van der Waals surface area contributed by atoms with E-state index in [1.165, 1.54) is 12.1 Å². The van der Waals surface area contributed by atoms with Crippen LogP contribution in [0.5, 0.6) is 0 Å². The molecule has 174 valence electrons. The number of nitrogens with one attached hydrogen (secondary N) is 1. The fourth-order valence-electron chi connectivity index (χ4n) is 4.25. The third kappa shape index (κ3) is 4.26. The van der Waals surface area contributed by atoms with Gasteiger partial charge in [0.05, 0.1) is 11.6 Å². The summed E-state index contributed by atoms with van der Waals surface area (Å²) in [5, 5.41) is 12.7. The molecule has 4 aromatic rings. The first-order valence-electron chi connectivity index (χ1n) is 11.2. The molecule has 5 rings (SSSR count). The highest BCUT2D eigenvalue weighted by Crippen LogP contribution is 2.36. The monoisotopic (exact) mass is 467 g/mol. The number of carbonyl (C=O) groups excluding carboxylic acids is 2. The molecule has 0 spiro atoms. The molecule has 1 fully saturated rings. The second kappa shape index (κ2) is 8.41. The molecule has 7 heteroatoms. The Morgan fingerprint density at radius 1 is 1.11 bits per heavy atom. The number of nitriles is 1. The van der Waals surface area contributed by atoms with Gasteiger partial charge in [0.1, 0.15) is 22.7 Å². The van der Waals surface area contributed by atoms with Gasteiger partial charge in [0, 0.05) is 17.4 Å². The van der Waals surface area contributed by atoms with E-state index in [1.807, 2.05) is 25.1 Å². The number of nitrogens with zero attached hydrogens (tertiary/aromatic N) is 1. The summed E-state index contributed by atoms with van der Waals surface area (Å²) in [5.41, 5.74) is 9.55. The van der Waals surface area contributed by atoms with Crippen LogP contribution in [-0.4, -0.2) is 17.4 Å². The molecule has 0 radical (unpaired) electrons. The third-order valence-corrected chi connectivity index (χ3v) is 6.41. The van der Waals surface area contributed by atoms with Crippen molar-refractivity contribution < 1.29 is 18.4 Å². The Morgan fingerprint density at radius 2 is 1.86 bits per heavy atom. The number of furan rings is 1. The number of benzene rings is 3. The molecule has 3 aromatic carbocycles. The molecule has 1 heterocycles. The van der Waals surface area contributed by atoms with Crippen LogP contribution in [0.4, 0.5) is 4.39 Å². The minimum absolute atomic E-state index is 0.280. The Kier molecular flexibility index (Phi) is 5.37. The highest BCUT2D eigenvalue weighted by atomic mass is 19.1. The molecule has 1 aliphatic carbocycles. The van der Waals surface area contributed by atoms with Crippen LogP contribution in [0.2, 0.25) is 0 Å². The molecule has 35 heavy (non-hydrogen) atoms. The molecule has 0 saturated heterocycles. The quantitative estimate of drug-likeness (QED) is 0.415. The van der Waals surface area contributed by atoms with Crippen LogP contribution >= 0.6 is 0 Å². The van der Waals surface area contributed by atoms with Crippen molar-refractivity contribution in [2.45, 2.75) is 31.7 Å². The number of carbonyl (C=O) groups is 2. The first-order chi connectivity index (χ1) is 16.8. The number of halogens is 1. The van der Waals surface area contributed by atoms with E-state index in [1.54, 1.807) is 30.3 Å². The van der Waals surface area contributed by atoms with E-state index in [9.17, 15) is 19.2 Å². The molecule has 1 aromatic heterocycles. The molecule has 0 unspecified atom stereocenters. The summed E-state index contributed by atoms with van der Waals surface area (Å²) in [6.07, 6.45) is 1.60. The van der Waals surface area contributed by atoms with Gasteiger partial charge in [-0.3, -0.25) is 9.59 Å². The minimum Gasteiger partial charge on any atom is -0.460 e. The largest absolute Gasteiger partial charge is 0.460 e. The van der Waals surface area contributed by atoms with Gasteiger partial charge in [-0.15, -0.1) is 0 Å². The van der Waals surface area contributed by atoms with Gasteiger partial charge in [-0.25, -0.2) is 4.39 Å². The zero-order valence-corrected chi connectivity index (χ0v) is 19.0. The molecule has 0 atom stereocenters. The number of hydrogen-bond donors (Lipinski definition) is 2. The highest BCUT2D eigenvalue weighted by molar-refractivity contribution is 6.07. The molecule has 2 amide bonds. The number of amides is 2. The Balaban J connectivity index is 1.53. The fraction of sp³-hybridized carbons (Fsp3) is 0.179. The lowest BCUT2D eigenvalue weighted by atomic mass is 9.95. The van der Waals surface area contributed by atoms with Crippen LogP contribution in [-0.2, 0) is 6.42 Å². The normalized spacial score (nSPS) is 13.9. The lowest BCUT2D eigenvalue weighted by molar-refractivity contribution is 0.0940. The van der Waals surface area contributed by atoms with Crippen molar-refractivity contribution in [3.8, 4) is 17.2 Å². The predicted molar refractivity (Wildman–Crippen MR) is 129 cm³/mol. The third-order valence-electron chi connectivity index (χ3n) is 6.41. The first-order valence-corrected chi connectivity index (χ1v) is 11.2. The van der Waals surface area contributed by atoms with Gasteiger partial charge in [0.25, 0.3) is 11.8 Å². The van der Waals surface area contributed by atoms with Crippen LogP contribution in [0.3, 0.4) is 0 Å². The molecule has 0 bridgehead atoms. The van der Waals surface area contributed by atoms with E-state index in [-0.39, 0.29) is 23.7 Å². The molecule has 6 nitrogen and oxygen atoms in total. The number of primary amides is 1. The van der Waals surface area contributed by atoms with Crippen LogP contribution in [0.25, 0.3) is 22.1 Å². The number of rotatable bonds is 6. The van der Waals surface area contributed by atoms with Crippen molar-refractivity contribution in [3.05, 3.63) is 94.5 Å². The second-order valence-electron chi connectivity index (χ2n) is 8.96. The number of aryl methyl sites for hydroxylation is 1. The molecule has 1 aliphatic rings. The van der Waals surface area contributed by atoms with Gasteiger partial charge < -0.3 is 15.5 Å². The van der Waals surface area contributed by atoms with Crippen molar-refractivity contribution in [2.75, 3.05) is 0 Å². The van der Waals surface area contributed by atoms with E-state index < -0.39 is 11.4 Å². The van der Waals surface area contributed by atoms with Crippen molar-refractivity contribution in [1.82, 2.24) is 5.32 Å². The summed E-state index contributed by atoms with van der Waals surface area (Å²) in [4.78, 5) is 25.1. The van der Waals surface area contributed by atoms with Crippen LogP contribution in [0.1, 0.15) is 50.4 Å². The fourth-order valence-corrected chi connectivity index (χ4v) is 4.25. The van der Waals surface area contributed by atoms with E-state index >= 15 is 0 Å². The van der Waals surface area contributed by atoms with E-state index in [0.29, 0.717) is 35.1 Å². The molecule has 0 aliphatic heterocycles. The molecule has 3 N–H and O–H groups in total. The lowest BCUT2D eigenvalue weighted by Crippen LogP contribution is -2.35. The SMILES string of the molecule is Cc1ccc(C(=O)NC2(C#N)CC2)cc1-c1ccc2oc(Cc3ccc(F)cc3)c(C(N)=O)c2c1. The average Bonchev–Trinajstić information content (AvgIpc) is 3.52. The first kappa shape index (κ1) is 22.4.